The monoisotopic (exact) mass is 203 g/mol. The van der Waals surface area contributed by atoms with Crippen molar-refractivity contribution in [1.29, 1.82) is 0 Å². The van der Waals surface area contributed by atoms with E-state index in [2.05, 4.69) is 0 Å². The Bertz CT molecular complexity index is 328. The Morgan fingerprint density at radius 1 is 1.62 bits per heavy atom. The molecule has 2 nitrogen and oxygen atoms in total. The van der Waals surface area contributed by atoms with Crippen LogP contribution in [-0.2, 0) is 6.54 Å². The summed E-state index contributed by atoms with van der Waals surface area (Å²) in [6, 6.07) is 1.52. The van der Waals surface area contributed by atoms with Crippen LogP contribution in [0.1, 0.15) is 11.1 Å². The summed E-state index contributed by atoms with van der Waals surface area (Å²) in [5, 5.41) is 0.0822. The molecule has 1 rings (SSSR count). The lowest BCUT2D eigenvalue weighted by Gasteiger charge is -2.11. The van der Waals surface area contributed by atoms with Crippen LogP contribution in [-0.4, -0.2) is 7.11 Å². The fourth-order valence-electron chi connectivity index (χ4n) is 1.27. The second kappa shape index (κ2) is 3.94. The van der Waals surface area contributed by atoms with Gasteiger partial charge in [-0.05, 0) is 18.6 Å². The first-order valence-electron chi connectivity index (χ1n) is 3.83. The standard InChI is InChI=1S/C9H11ClFNO/c1-5-3-7(10)8(11)6(4-12)9(5)13-2/h3H,4,12H2,1-2H3. The van der Waals surface area contributed by atoms with Crippen LogP contribution in [0.4, 0.5) is 4.39 Å². The van der Waals surface area contributed by atoms with Crippen LogP contribution in [0.2, 0.25) is 5.02 Å². The number of halogens is 2. The van der Waals surface area contributed by atoms with Gasteiger partial charge in [-0.15, -0.1) is 0 Å². The summed E-state index contributed by atoms with van der Waals surface area (Å²) < 4.78 is 18.4. The molecule has 0 heterocycles. The maximum Gasteiger partial charge on any atom is 0.149 e. The van der Waals surface area contributed by atoms with Crippen molar-refractivity contribution >= 4 is 11.6 Å². The number of aryl methyl sites for hydroxylation is 1. The third-order valence-corrected chi connectivity index (χ3v) is 2.13. The number of methoxy groups -OCH3 is 1. The van der Waals surface area contributed by atoms with E-state index in [1.54, 1.807) is 6.92 Å². The average Bonchev–Trinajstić information content (AvgIpc) is 2.10. The van der Waals surface area contributed by atoms with Crippen LogP contribution in [0.3, 0.4) is 0 Å². The lowest BCUT2D eigenvalue weighted by Crippen LogP contribution is -2.05. The van der Waals surface area contributed by atoms with Gasteiger partial charge in [-0.25, -0.2) is 4.39 Å². The number of hydrogen-bond acceptors (Lipinski definition) is 2. The molecule has 0 aliphatic heterocycles. The van der Waals surface area contributed by atoms with E-state index in [0.717, 1.165) is 5.56 Å². The van der Waals surface area contributed by atoms with Gasteiger partial charge in [0, 0.05) is 12.1 Å². The van der Waals surface area contributed by atoms with Crippen molar-refractivity contribution in [3.8, 4) is 5.75 Å². The summed E-state index contributed by atoms with van der Waals surface area (Å²) in [7, 11) is 1.48. The lowest BCUT2D eigenvalue weighted by atomic mass is 10.1. The molecular formula is C9H11ClFNO. The van der Waals surface area contributed by atoms with Gasteiger partial charge in [0.1, 0.15) is 11.6 Å². The minimum absolute atomic E-state index is 0.0798. The normalized spacial score (nSPS) is 10.2. The molecule has 2 N–H and O–H groups in total. The van der Waals surface area contributed by atoms with Gasteiger partial charge in [0.25, 0.3) is 0 Å². The Kier molecular flexibility index (Phi) is 3.12. The van der Waals surface area contributed by atoms with Crippen molar-refractivity contribution in [1.82, 2.24) is 0 Å². The Morgan fingerprint density at radius 2 is 2.23 bits per heavy atom. The fourth-order valence-corrected chi connectivity index (χ4v) is 1.55. The predicted octanol–water partition coefficient (Wildman–Crippen LogP) is 2.25. The van der Waals surface area contributed by atoms with Gasteiger partial charge in [0.15, 0.2) is 0 Å². The molecular weight excluding hydrogens is 193 g/mol. The molecule has 0 atom stereocenters. The molecule has 0 saturated heterocycles. The Hall–Kier alpha value is -0.800. The summed E-state index contributed by atoms with van der Waals surface area (Å²) >= 11 is 5.64. The largest absolute Gasteiger partial charge is 0.496 e. The third-order valence-electron chi connectivity index (χ3n) is 1.86. The minimum atomic E-state index is -0.494. The topological polar surface area (TPSA) is 35.2 Å². The van der Waals surface area contributed by atoms with Crippen molar-refractivity contribution in [3.63, 3.8) is 0 Å². The molecule has 0 radical (unpaired) electrons. The summed E-state index contributed by atoms with van der Waals surface area (Å²) in [5.74, 6) is -0.0176. The second-order valence-electron chi connectivity index (χ2n) is 2.71. The first-order chi connectivity index (χ1) is 6.11. The zero-order valence-electron chi connectivity index (χ0n) is 7.53. The van der Waals surface area contributed by atoms with E-state index in [4.69, 9.17) is 22.1 Å². The molecule has 13 heavy (non-hydrogen) atoms. The highest BCUT2D eigenvalue weighted by Gasteiger charge is 2.14. The summed E-state index contributed by atoms with van der Waals surface area (Å²) in [5.41, 5.74) is 6.50. The quantitative estimate of drug-likeness (QED) is 0.800. The zero-order valence-corrected chi connectivity index (χ0v) is 8.28. The van der Waals surface area contributed by atoms with E-state index in [1.165, 1.54) is 13.2 Å². The zero-order chi connectivity index (χ0) is 10.0. The molecule has 1 aromatic carbocycles. The van der Waals surface area contributed by atoms with Crippen LogP contribution >= 0.6 is 11.6 Å². The highest BCUT2D eigenvalue weighted by Crippen LogP contribution is 2.30. The number of benzene rings is 1. The Labute approximate surface area is 81.4 Å². The molecule has 4 heteroatoms. The molecule has 0 spiro atoms. The highest BCUT2D eigenvalue weighted by atomic mass is 35.5. The Balaban J connectivity index is 3.41. The van der Waals surface area contributed by atoms with Crippen LogP contribution in [0.25, 0.3) is 0 Å². The summed E-state index contributed by atoms with van der Waals surface area (Å²) in [6.07, 6.45) is 0. The van der Waals surface area contributed by atoms with Gasteiger partial charge < -0.3 is 10.5 Å². The molecule has 0 aromatic heterocycles. The van der Waals surface area contributed by atoms with E-state index < -0.39 is 5.82 Å². The van der Waals surface area contributed by atoms with Gasteiger partial charge in [-0.1, -0.05) is 11.6 Å². The molecule has 0 saturated carbocycles. The summed E-state index contributed by atoms with van der Waals surface area (Å²) in [4.78, 5) is 0. The SMILES string of the molecule is COc1c(C)cc(Cl)c(F)c1CN. The van der Waals surface area contributed by atoms with Crippen molar-refractivity contribution in [2.75, 3.05) is 7.11 Å². The molecule has 0 amide bonds. The van der Waals surface area contributed by atoms with Crippen molar-refractivity contribution in [2.24, 2.45) is 5.73 Å². The van der Waals surface area contributed by atoms with Crippen molar-refractivity contribution in [3.05, 3.63) is 28.0 Å². The van der Waals surface area contributed by atoms with Crippen LogP contribution in [0, 0.1) is 12.7 Å². The van der Waals surface area contributed by atoms with Crippen LogP contribution in [0.15, 0.2) is 6.07 Å². The first-order valence-corrected chi connectivity index (χ1v) is 4.21. The molecule has 0 aliphatic rings. The van der Waals surface area contributed by atoms with E-state index in [-0.39, 0.29) is 11.6 Å². The van der Waals surface area contributed by atoms with E-state index >= 15 is 0 Å². The molecule has 72 valence electrons. The van der Waals surface area contributed by atoms with E-state index in [0.29, 0.717) is 11.3 Å². The third kappa shape index (κ3) is 1.76. The van der Waals surface area contributed by atoms with Gasteiger partial charge in [-0.3, -0.25) is 0 Å². The average molecular weight is 204 g/mol. The van der Waals surface area contributed by atoms with Gasteiger partial charge in [0.05, 0.1) is 12.1 Å². The second-order valence-corrected chi connectivity index (χ2v) is 3.11. The molecule has 0 unspecified atom stereocenters. The Morgan fingerprint density at radius 3 is 2.69 bits per heavy atom. The van der Waals surface area contributed by atoms with Gasteiger partial charge in [-0.2, -0.15) is 0 Å². The first kappa shape index (κ1) is 10.3. The fraction of sp³-hybridized carbons (Fsp3) is 0.333. The molecule has 0 bridgehead atoms. The van der Waals surface area contributed by atoms with E-state index in [9.17, 15) is 4.39 Å². The van der Waals surface area contributed by atoms with Crippen molar-refractivity contribution < 1.29 is 9.13 Å². The van der Waals surface area contributed by atoms with Crippen LogP contribution < -0.4 is 10.5 Å². The molecule has 1 aromatic rings. The van der Waals surface area contributed by atoms with Crippen molar-refractivity contribution in [2.45, 2.75) is 13.5 Å². The van der Waals surface area contributed by atoms with Gasteiger partial charge >= 0.3 is 0 Å². The maximum atomic E-state index is 13.3. The molecule has 0 fully saturated rings. The number of nitrogens with two attached hydrogens (primary N) is 1. The number of ether oxygens (including phenoxy) is 1. The lowest BCUT2D eigenvalue weighted by molar-refractivity contribution is 0.401. The van der Waals surface area contributed by atoms with E-state index in [1.807, 2.05) is 0 Å². The number of hydrogen-bond donors (Lipinski definition) is 1. The number of rotatable bonds is 2. The van der Waals surface area contributed by atoms with Gasteiger partial charge in [0.2, 0.25) is 0 Å². The highest BCUT2D eigenvalue weighted by molar-refractivity contribution is 6.30. The smallest absolute Gasteiger partial charge is 0.149 e. The minimum Gasteiger partial charge on any atom is -0.496 e. The molecule has 0 aliphatic carbocycles. The maximum absolute atomic E-state index is 13.3. The predicted molar refractivity (Wildman–Crippen MR) is 50.6 cm³/mol. The van der Waals surface area contributed by atoms with Crippen LogP contribution in [0.5, 0.6) is 5.75 Å². The summed E-state index contributed by atoms with van der Waals surface area (Å²) in [6.45, 7) is 1.87.